The summed E-state index contributed by atoms with van der Waals surface area (Å²) in [5.74, 6) is -0.367. The fraction of sp³-hybridized carbons (Fsp3) is 0.214. The van der Waals surface area contributed by atoms with Gasteiger partial charge < -0.3 is 0 Å². The van der Waals surface area contributed by atoms with Crippen LogP contribution >= 0.6 is 0 Å². The number of aromatic amines is 1. The standard InChI is InChI=1S/C14H15FN6O2S/c1-9-13(10(2)18-17-9)24(22,23)20-14-16-8-21(19-14)7-11-3-5-12(15)6-4-11/h3-6,8H,7H2,1-2H3,(H,17,18)(H,19,20). The van der Waals surface area contributed by atoms with Gasteiger partial charge in [0, 0.05) is 0 Å². The first-order chi connectivity index (χ1) is 11.3. The zero-order chi connectivity index (χ0) is 17.3. The lowest BCUT2D eigenvalue weighted by Crippen LogP contribution is -2.16. The van der Waals surface area contributed by atoms with Crippen molar-refractivity contribution in [2.75, 3.05) is 4.72 Å². The molecule has 0 fully saturated rings. The Bertz CT molecular complexity index is 942. The van der Waals surface area contributed by atoms with E-state index in [9.17, 15) is 12.8 Å². The van der Waals surface area contributed by atoms with Crippen LogP contribution in [0.15, 0.2) is 35.5 Å². The van der Waals surface area contributed by atoms with Crippen molar-refractivity contribution < 1.29 is 12.8 Å². The molecule has 0 aliphatic carbocycles. The Morgan fingerprint density at radius 3 is 2.58 bits per heavy atom. The SMILES string of the molecule is Cc1n[nH]c(C)c1S(=O)(=O)Nc1ncn(Cc2ccc(F)cc2)n1. The highest BCUT2D eigenvalue weighted by molar-refractivity contribution is 7.92. The maximum absolute atomic E-state index is 12.9. The molecule has 0 spiro atoms. The van der Waals surface area contributed by atoms with Crippen LogP contribution in [-0.2, 0) is 16.6 Å². The summed E-state index contributed by atoms with van der Waals surface area (Å²) in [6.07, 6.45) is 1.40. The maximum Gasteiger partial charge on any atom is 0.267 e. The predicted molar refractivity (Wildman–Crippen MR) is 84.4 cm³/mol. The van der Waals surface area contributed by atoms with E-state index in [1.54, 1.807) is 26.0 Å². The van der Waals surface area contributed by atoms with E-state index in [-0.39, 0.29) is 16.7 Å². The van der Waals surface area contributed by atoms with Gasteiger partial charge in [0.2, 0.25) is 0 Å². The van der Waals surface area contributed by atoms with Crippen molar-refractivity contribution in [2.24, 2.45) is 0 Å². The molecule has 3 rings (SSSR count). The van der Waals surface area contributed by atoms with Crippen LogP contribution in [0.25, 0.3) is 0 Å². The third-order valence-electron chi connectivity index (χ3n) is 3.35. The summed E-state index contributed by atoms with van der Waals surface area (Å²) in [6, 6.07) is 5.94. The number of H-pyrrole nitrogens is 1. The average Bonchev–Trinajstić information content (AvgIpc) is 3.08. The average molecular weight is 350 g/mol. The normalized spacial score (nSPS) is 11.6. The molecule has 0 atom stereocenters. The van der Waals surface area contributed by atoms with E-state index in [4.69, 9.17) is 0 Å². The van der Waals surface area contributed by atoms with Crippen LogP contribution in [-0.4, -0.2) is 33.4 Å². The molecule has 0 bridgehead atoms. The molecular weight excluding hydrogens is 335 g/mol. The van der Waals surface area contributed by atoms with E-state index in [2.05, 4.69) is 25.0 Å². The molecule has 0 radical (unpaired) electrons. The number of hydrogen-bond acceptors (Lipinski definition) is 5. The number of aromatic nitrogens is 5. The molecule has 0 aliphatic heterocycles. The summed E-state index contributed by atoms with van der Waals surface area (Å²) in [6.45, 7) is 3.56. The van der Waals surface area contributed by atoms with Gasteiger partial charge in [-0.3, -0.25) is 5.10 Å². The third kappa shape index (κ3) is 3.27. The van der Waals surface area contributed by atoms with Crippen molar-refractivity contribution >= 4 is 16.0 Å². The molecule has 24 heavy (non-hydrogen) atoms. The van der Waals surface area contributed by atoms with E-state index in [1.165, 1.54) is 23.1 Å². The van der Waals surface area contributed by atoms with Gasteiger partial charge in [-0.1, -0.05) is 12.1 Å². The first-order valence-electron chi connectivity index (χ1n) is 7.03. The second-order valence-corrected chi connectivity index (χ2v) is 6.88. The Balaban J connectivity index is 1.77. The minimum Gasteiger partial charge on any atom is -0.281 e. The lowest BCUT2D eigenvalue weighted by molar-refractivity contribution is 0.599. The number of halogens is 1. The summed E-state index contributed by atoms with van der Waals surface area (Å²) in [5, 5.41) is 10.6. The molecule has 0 amide bonds. The van der Waals surface area contributed by atoms with Crippen LogP contribution in [0, 0.1) is 19.7 Å². The van der Waals surface area contributed by atoms with Crippen LogP contribution in [0.5, 0.6) is 0 Å². The minimum absolute atomic E-state index is 0.0443. The fourth-order valence-corrected chi connectivity index (χ4v) is 3.62. The Morgan fingerprint density at radius 2 is 1.96 bits per heavy atom. The summed E-state index contributed by atoms with van der Waals surface area (Å²) in [4.78, 5) is 4.02. The van der Waals surface area contributed by atoms with Gasteiger partial charge in [0.25, 0.3) is 16.0 Å². The van der Waals surface area contributed by atoms with Crippen molar-refractivity contribution in [3.63, 3.8) is 0 Å². The second kappa shape index (κ2) is 6.04. The third-order valence-corrected chi connectivity index (χ3v) is 4.94. The number of benzene rings is 1. The molecule has 2 aromatic heterocycles. The summed E-state index contributed by atoms with van der Waals surface area (Å²) in [7, 11) is -3.83. The summed E-state index contributed by atoms with van der Waals surface area (Å²) >= 11 is 0. The minimum atomic E-state index is -3.83. The highest BCUT2D eigenvalue weighted by atomic mass is 32.2. The number of anilines is 1. The van der Waals surface area contributed by atoms with Gasteiger partial charge in [-0.05, 0) is 31.5 Å². The number of aryl methyl sites for hydroxylation is 2. The maximum atomic E-state index is 12.9. The molecule has 3 aromatic rings. The zero-order valence-corrected chi connectivity index (χ0v) is 13.8. The van der Waals surface area contributed by atoms with Gasteiger partial charge in [-0.25, -0.2) is 22.2 Å². The van der Waals surface area contributed by atoms with E-state index >= 15 is 0 Å². The zero-order valence-electron chi connectivity index (χ0n) is 13.0. The number of nitrogens with one attached hydrogen (secondary N) is 2. The van der Waals surface area contributed by atoms with Gasteiger partial charge in [-0.15, -0.1) is 5.10 Å². The monoisotopic (exact) mass is 350 g/mol. The molecule has 0 aliphatic rings. The predicted octanol–water partition coefficient (Wildman–Crippen LogP) is 1.61. The van der Waals surface area contributed by atoms with Crippen molar-refractivity contribution in [1.29, 1.82) is 0 Å². The molecule has 0 saturated heterocycles. The van der Waals surface area contributed by atoms with E-state index in [1.807, 2.05) is 0 Å². The van der Waals surface area contributed by atoms with Crippen LogP contribution in [0.1, 0.15) is 17.0 Å². The van der Waals surface area contributed by atoms with Gasteiger partial charge in [-0.2, -0.15) is 10.1 Å². The molecule has 0 saturated carbocycles. The molecule has 8 nitrogen and oxygen atoms in total. The smallest absolute Gasteiger partial charge is 0.267 e. The number of rotatable bonds is 5. The van der Waals surface area contributed by atoms with Crippen molar-refractivity contribution in [3.8, 4) is 0 Å². The van der Waals surface area contributed by atoms with E-state index < -0.39 is 10.0 Å². The second-order valence-electron chi connectivity index (χ2n) is 5.26. The first-order valence-corrected chi connectivity index (χ1v) is 8.52. The van der Waals surface area contributed by atoms with Gasteiger partial charge in [0.05, 0.1) is 17.9 Å². The highest BCUT2D eigenvalue weighted by Crippen LogP contribution is 2.19. The van der Waals surface area contributed by atoms with Crippen LogP contribution in [0.2, 0.25) is 0 Å². The Kier molecular flexibility index (Phi) is 4.06. The summed E-state index contributed by atoms with van der Waals surface area (Å²) < 4.78 is 41.5. The van der Waals surface area contributed by atoms with Crippen molar-refractivity contribution in [3.05, 3.63) is 53.4 Å². The highest BCUT2D eigenvalue weighted by Gasteiger charge is 2.23. The van der Waals surface area contributed by atoms with Crippen LogP contribution in [0.3, 0.4) is 0 Å². The van der Waals surface area contributed by atoms with Crippen molar-refractivity contribution in [2.45, 2.75) is 25.3 Å². The molecular formula is C14H15FN6O2S. The van der Waals surface area contributed by atoms with Crippen molar-refractivity contribution in [1.82, 2.24) is 25.0 Å². The van der Waals surface area contributed by atoms with Crippen LogP contribution < -0.4 is 4.72 Å². The van der Waals surface area contributed by atoms with Gasteiger partial charge in [0.1, 0.15) is 17.0 Å². The molecule has 126 valence electrons. The molecule has 1 aromatic carbocycles. The van der Waals surface area contributed by atoms with E-state index in [0.717, 1.165) is 5.56 Å². The number of hydrogen-bond donors (Lipinski definition) is 2. The van der Waals surface area contributed by atoms with Gasteiger partial charge in [0.15, 0.2) is 0 Å². The molecule has 0 unspecified atom stereocenters. The number of sulfonamides is 1. The van der Waals surface area contributed by atoms with Gasteiger partial charge >= 0.3 is 0 Å². The Morgan fingerprint density at radius 1 is 1.25 bits per heavy atom. The lowest BCUT2D eigenvalue weighted by Gasteiger charge is -2.04. The quantitative estimate of drug-likeness (QED) is 0.727. The largest absolute Gasteiger partial charge is 0.281 e. The lowest BCUT2D eigenvalue weighted by atomic mass is 10.2. The number of nitrogens with zero attached hydrogens (tertiary/aromatic N) is 4. The first kappa shape index (κ1) is 16.1. The van der Waals surface area contributed by atoms with E-state index in [0.29, 0.717) is 17.9 Å². The fourth-order valence-electron chi connectivity index (χ4n) is 2.30. The molecule has 2 heterocycles. The molecule has 2 N–H and O–H groups in total. The molecule has 10 heteroatoms. The Labute approximate surface area is 137 Å². The topological polar surface area (TPSA) is 106 Å². The summed E-state index contributed by atoms with van der Waals surface area (Å²) in [5.41, 5.74) is 1.62. The van der Waals surface area contributed by atoms with Crippen LogP contribution in [0.4, 0.5) is 10.3 Å². The Hall–Kier alpha value is -2.75.